The molecule has 0 saturated carbocycles. The quantitative estimate of drug-likeness (QED) is 0.252. The zero-order valence-electron chi connectivity index (χ0n) is 18.0. The summed E-state index contributed by atoms with van der Waals surface area (Å²) in [5.74, 6) is 1.37. The van der Waals surface area contributed by atoms with Gasteiger partial charge in [-0.15, -0.1) is 11.8 Å². The summed E-state index contributed by atoms with van der Waals surface area (Å²) < 4.78 is 4.19. The molecule has 3 rings (SSSR count). The van der Waals surface area contributed by atoms with E-state index in [2.05, 4.69) is 82.9 Å². The van der Waals surface area contributed by atoms with E-state index >= 15 is 0 Å². The number of nitrogens with one attached hydrogen (secondary N) is 1. The molecule has 3 aromatic carbocycles. The second-order valence-electron chi connectivity index (χ2n) is 7.03. The van der Waals surface area contributed by atoms with Crippen LogP contribution < -0.4 is 5.32 Å². The van der Waals surface area contributed by atoms with Crippen LogP contribution in [0.25, 0.3) is 0 Å². The maximum atomic E-state index is 11.9. The molecule has 0 heterocycles. The average molecular weight is 466 g/mol. The number of amides is 1. The van der Waals surface area contributed by atoms with Crippen LogP contribution in [0.1, 0.15) is 16.7 Å². The van der Waals surface area contributed by atoms with Gasteiger partial charge in [-0.2, -0.15) is 11.8 Å². The average Bonchev–Trinajstić information content (AvgIpc) is 2.86. The van der Waals surface area contributed by atoms with Crippen molar-refractivity contribution in [3.8, 4) is 0 Å². The largest absolute Gasteiger partial charge is 0.468 e. The highest BCUT2D eigenvalue weighted by Gasteiger charge is 2.36. The Balaban J connectivity index is 1.76. The van der Waals surface area contributed by atoms with E-state index in [4.69, 9.17) is 0 Å². The fourth-order valence-electron chi connectivity index (χ4n) is 3.48. The molecule has 0 aromatic heterocycles. The summed E-state index contributed by atoms with van der Waals surface area (Å²) in [6.45, 7) is -0.0935. The Kier molecular flexibility index (Phi) is 9.26. The minimum atomic E-state index is -0.447. The van der Waals surface area contributed by atoms with Crippen LogP contribution in [-0.4, -0.2) is 42.8 Å². The molecule has 0 aliphatic heterocycles. The molecule has 3 aromatic rings. The molecule has 32 heavy (non-hydrogen) atoms. The lowest BCUT2D eigenvalue weighted by Crippen LogP contribution is -2.31. The number of thioether (sulfide) groups is 2. The molecule has 166 valence electrons. The number of hydrogen-bond donors (Lipinski definition) is 1. The third-order valence-corrected chi connectivity index (χ3v) is 7.74. The Bertz CT molecular complexity index is 885. The van der Waals surface area contributed by atoms with Crippen LogP contribution in [0.3, 0.4) is 0 Å². The molecule has 1 amide bonds. The van der Waals surface area contributed by atoms with Gasteiger partial charge in [0.2, 0.25) is 5.91 Å². The summed E-state index contributed by atoms with van der Waals surface area (Å²) in [5, 5.41) is 2.58. The molecule has 0 spiro atoms. The van der Waals surface area contributed by atoms with Crippen LogP contribution in [0, 0.1) is 0 Å². The number of carbonyl (C=O) groups is 2. The van der Waals surface area contributed by atoms with E-state index in [0.29, 0.717) is 5.75 Å². The molecular weight excluding hydrogens is 438 g/mol. The summed E-state index contributed by atoms with van der Waals surface area (Å²) in [6, 6.07) is 31.7. The van der Waals surface area contributed by atoms with Crippen LogP contribution in [0.2, 0.25) is 0 Å². The molecule has 0 fully saturated rings. The molecule has 0 bridgehead atoms. The van der Waals surface area contributed by atoms with Crippen molar-refractivity contribution >= 4 is 35.4 Å². The molecule has 6 heteroatoms. The second kappa shape index (κ2) is 12.4. The number of ether oxygens (including phenoxy) is 1. The zero-order chi connectivity index (χ0) is 22.7. The zero-order valence-corrected chi connectivity index (χ0v) is 19.7. The lowest BCUT2D eigenvalue weighted by molar-refractivity contribution is -0.140. The van der Waals surface area contributed by atoms with E-state index in [1.165, 1.54) is 23.8 Å². The molecule has 0 aliphatic rings. The normalized spacial score (nSPS) is 11.0. The lowest BCUT2D eigenvalue weighted by Gasteiger charge is -2.35. The van der Waals surface area contributed by atoms with Gasteiger partial charge in [0.15, 0.2) is 0 Å². The van der Waals surface area contributed by atoms with Gasteiger partial charge >= 0.3 is 5.97 Å². The summed E-state index contributed by atoms with van der Waals surface area (Å²) in [7, 11) is 1.30. The Morgan fingerprint density at radius 3 is 1.69 bits per heavy atom. The first-order valence-electron chi connectivity index (χ1n) is 10.4. The summed E-state index contributed by atoms with van der Waals surface area (Å²) in [4.78, 5) is 23.1. The van der Waals surface area contributed by atoms with Gasteiger partial charge < -0.3 is 10.1 Å². The van der Waals surface area contributed by atoms with Crippen molar-refractivity contribution in [2.24, 2.45) is 0 Å². The molecule has 0 saturated heterocycles. The Morgan fingerprint density at radius 1 is 0.781 bits per heavy atom. The molecule has 1 N–H and O–H groups in total. The highest BCUT2D eigenvalue weighted by molar-refractivity contribution is 8.03. The fraction of sp³-hybridized carbons (Fsp3) is 0.231. The van der Waals surface area contributed by atoms with E-state index < -0.39 is 5.97 Å². The highest BCUT2D eigenvalue weighted by atomic mass is 32.2. The van der Waals surface area contributed by atoms with Gasteiger partial charge in [-0.3, -0.25) is 9.59 Å². The topological polar surface area (TPSA) is 55.4 Å². The molecular formula is C26H27NO3S2. The monoisotopic (exact) mass is 465 g/mol. The van der Waals surface area contributed by atoms with Crippen LogP contribution in [0.4, 0.5) is 0 Å². The third kappa shape index (κ3) is 6.17. The minimum Gasteiger partial charge on any atom is -0.468 e. The predicted molar refractivity (Wildman–Crippen MR) is 134 cm³/mol. The van der Waals surface area contributed by atoms with Crippen LogP contribution in [0.15, 0.2) is 91.0 Å². The minimum absolute atomic E-state index is 0.0935. The Morgan fingerprint density at radius 2 is 1.25 bits per heavy atom. The van der Waals surface area contributed by atoms with E-state index in [9.17, 15) is 9.59 Å². The van der Waals surface area contributed by atoms with Crippen molar-refractivity contribution in [2.45, 2.75) is 4.75 Å². The van der Waals surface area contributed by atoms with Gasteiger partial charge in [0.05, 0.1) is 17.6 Å². The lowest BCUT2D eigenvalue weighted by atomic mass is 9.84. The number of carbonyl (C=O) groups excluding carboxylic acids is 2. The van der Waals surface area contributed by atoms with Crippen LogP contribution >= 0.6 is 23.5 Å². The van der Waals surface area contributed by atoms with E-state index in [1.54, 1.807) is 11.8 Å². The van der Waals surface area contributed by atoms with Crippen molar-refractivity contribution in [3.63, 3.8) is 0 Å². The Hall–Kier alpha value is -2.70. The maximum Gasteiger partial charge on any atom is 0.325 e. The fourth-order valence-corrected chi connectivity index (χ4v) is 5.93. The van der Waals surface area contributed by atoms with Crippen LogP contribution in [0.5, 0.6) is 0 Å². The van der Waals surface area contributed by atoms with Crippen molar-refractivity contribution in [1.29, 1.82) is 0 Å². The van der Waals surface area contributed by atoms with Gasteiger partial charge in [-0.25, -0.2) is 0 Å². The molecule has 0 atom stereocenters. The smallest absolute Gasteiger partial charge is 0.325 e. The molecule has 4 nitrogen and oxygen atoms in total. The first-order chi connectivity index (χ1) is 15.7. The predicted octanol–water partition coefficient (Wildman–Crippen LogP) is 4.73. The van der Waals surface area contributed by atoms with Crippen molar-refractivity contribution in [3.05, 3.63) is 108 Å². The molecule has 0 aliphatic carbocycles. The summed E-state index contributed by atoms with van der Waals surface area (Å²) >= 11 is 3.44. The molecule has 0 unspecified atom stereocenters. The maximum absolute atomic E-state index is 11.9. The second-order valence-corrected chi connectivity index (χ2v) is 9.45. The molecule has 0 radical (unpaired) electrons. The van der Waals surface area contributed by atoms with Crippen molar-refractivity contribution < 1.29 is 14.3 Å². The van der Waals surface area contributed by atoms with Gasteiger partial charge in [0.1, 0.15) is 6.54 Å². The van der Waals surface area contributed by atoms with Gasteiger partial charge in [0, 0.05) is 11.5 Å². The van der Waals surface area contributed by atoms with Crippen LogP contribution in [-0.2, 0) is 19.1 Å². The van der Waals surface area contributed by atoms with Gasteiger partial charge in [-0.1, -0.05) is 91.0 Å². The van der Waals surface area contributed by atoms with E-state index in [1.807, 2.05) is 30.0 Å². The third-order valence-electron chi connectivity index (χ3n) is 4.98. The number of hydrogen-bond acceptors (Lipinski definition) is 5. The number of benzene rings is 3. The van der Waals surface area contributed by atoms with Gasteiger partial charge in [-0.05, 0) is 16.7 Å². The van der Waals surface area contributed by atoms with E-state index in [0.717, 1.165) is 11.5 Å². The van der Waals surface area contributed by atoms with E-state index in [-0.39, 0.29) is 17.2 Å². The van der Waals surface area contributed by atoms with Gasteiger partial charge in [0.25, 0.3) is 0 Å². The summed E-state index contributed by atoms with van der Waals surface area (Å²) in [5.41, 5.74) is 3.68. The summed E-state index contributed by atoms with van der Waals surface area (Å²) in [6.07, 6.45) is 0. The number of esters is 1. The highest BCUT2D eigenvalue weighted by Crippen LogP contribution is 2.48. The van der Waals surface area contributed by atoms with Crippen molar-refractivity contribution in [2.75, 3.05) is 30.9 Å². The Labute approximate surface area is 198 Å². The standard InChI is InChI=1S/C26H27NO3S2/c1-30-25(29)19-27-24(28)20-31-17-18-32-26(21-11-5-2-6-12-21,22-13-7-3-8-14-22)23-15-9-4-10-16-23/h2-16H,17-20H2,1H3,(H,27,28). The first kappa shape index (κ1) is 24.0. The SMILES string of the molecule is COC(=O)CNC(=O)CSCCSC(c1ccccc1)(c1ccccc1)c1ccccc1. The van der Waals surface area contributed by atoms with Crippen molar-refractivity contribution in [1.82, 2.24) is 5.32 Å². The first-order valence-corrected chi connectivity index (χ1v) is 12.5. The number of methoxy groups -OCH3 is 1. The number of rotatable bonds is 11.